The molecule has 0 radical (unpaired) electrons. The number of phosphoric acid groups is 1. The fourth-order valence-electron chi connectivity index (χ4n) is 6.98. The Bertz CT molecular complexity index is 1140. The van der Waals surface area contributed by atoms with Crippen molar-refractivity contribution in [3.05, 3.63) is 24.3 Å². The van der Waals surface area contributed by atoms with Crippen LogP contribution in [0, 0.1) is 0 Å². The van der Waals surface area contributed by atoms with Gasteiger partial charge in [-0.05, 0) is 44.9 Å². The maximum absolute atomic E-state index is 12.8. The van der Waals surface area contributed by atoms with Crippen molar-refractivity contribution in [1.29, 1.82) is 0 Å². The summed E-state index contributed by atoms with van der Waals surface area (Å²) in [5.41, 5.74) is 0. The lowest BCUT2D eigenvalue weighted by molar-refractivity contribution is -0.161. The maximum Gasteiger partial charge on any atom is 0.472 e. The lowest BCUT2D eigenvalue weighted by Gasteiger charge is -2.21. The van der Waals surface area contributed by atoms with Gasteiger partial charge in [0.1, 0.15) is 12.7 Å². The van der Waals surface area contributed by atoms with Crippen LogP contribution in [0.25, 0.3) is 0 Å². The van der Waals surface area contributed by atoms with E-state index in [0.29, 0.717) is 19.3 Å². The molecule has 0 saturated carbocycles. The summed E-state index contributed by atoms with van der Waals surface area (Å²) in [6.07, 6.45) is 41.5. The Hall–Kier alpha value is -2.04. The predicted molar refractivity (Wildman–Crippen MR) is 252 cm³/mol. The number of unbranched alkanes of at least 4 members (excludes halogenated alkanes) is 26. The summed E-state index contributed by atoms with van der Waals surface area (Å²) in [7, 11) is -4.73. The molecule has 0 aliphatic carbocycles. The van der Waals surface area contributed by atoms with E-state index in [1.807, 2.05) is 0 Å². The molecule has 2 N–H and O–H groups in total. The molecule has 62 heavy (non-hydrogen) atoms. The highest BCUT2D eigenvalue weighted by Crippen LogP contribution is 2.43. The second-order valence-corrected chi connectivity index (χ2v) is 18.4. The smallest absolute Gasteiger partial charge is 0.462 e. The van der Waals surface area contributed by atoms with Crippen molar-refractivity contribution < 1.29 is 52.2 Å². The third-order valence-corrected chi connectivity index (χ3v) is 11.8. The Morgan fingerprint density at radius 3 is 1.26 bits per heavy atom. The van der Waals surface area contributed by atoms with E-state index < -0.39 is 57.8 Å². The van der Waals surface area contributed by atoms with Crippen molar-refractivity contribution in [3.8, 4) is 0 Å². The molecule has 0 aromatic rings. The van der Waals surface area contributed by atoms with Gasteiger partial charge in [0.2, 0.25) is 0 Å². The Morgan fingerprint density at radius 2 is 0.823 bits per heavy atom. The van der Waals surface area contributed by atoms with Crippen LogP contribution in [0.4, 0.5) is 0 Å². The van der Waals surface area contributed by atoms with Gasteiger partial charge < -0.3 is 24.2 Å². The van der Waals surface area contributed by atoms with E-state index in [0.717, 1.165) is 83.5 Å². The standard InChI is InChI=1S/C50H93O11P/c1-4-7-10-13-16-19-21-23-25-28-30-33-36-39-48(52)57-43-47(61-50(54)41-38-35-32-29-26-24-22-20-17-14-11-8-5-2)45-59-62(55,56)58-44-46(42-51)60-49(53)40-37-34-31-27-18-15-12-9-6-3/h10,13,19,21,46-47,51H,4-9,11-12,14-18,20,22-45H2,1-3H3,(H,55,56)/b13-10-,21-19-. The third kappa shape index (κ3) is 43.2. The Kier molecular flexibility index (Phi) is 44.0. The van der Waals surface area contributed by atoms with Crippen LogP contribution in [0.5, 0.6) is 0 Å². The Morgan fingerprint density at radius 1 is 0.452 bits per heavy atom. The largest absolute Gasteiger partial charge is 0.472 e. The molecule has 0 amide bonds. The minimum absolute atomic E-state index is 0.171. The van der Waals surface area contributed by atoms with Crippen molar-refractivity contribution in [2.24, 2.45) is 0 Å². The molecule has 3 unspecified atom stereocenters. The number of aliphatic hydroxyl groups excluding tert-OH is 1. The van der Waals surface area contributed by atoms with Gasteiger partial charge in [-0.1, -0.05) is 199 Å². The molecule has 0 aliphatic rings. The summed E-state index contributed by atoms with van der Waals surface area (Å²) in [6, 6.07) is 0. The second-order valence-electron chi connectivity index (χ2n) is 17.0. The van der Waals surface area contributed by atoms with Crippen LogP contribution in [0.2, 0.25) is 0 Å². The zero-order chi connectivity index (χ0) is 45.6. The highest BCUT2D eigenvalue weighted by molar-refractivity contribution is 7.47. The minimum Gasteiger partial charge on any atom is -0.462 e. The van der Waals surface area contributed by atoms with E-state index in [1.165, 1.54) is 96.3 Å². The first-order valence-electron chi connectivity index (χ1n) is 25.2. The first kappa shape index (κ1) is 60.0. The summed E-state index contributed by atoms with van der Waals surface area (Å²) < 4.78 is 39.2. The van der Waals surface area contributed by atoms with E-state index in [-0.39, 0.29) is 25.9 Å². The summed E-state index contributed by atoms with van der Waals surface area (Å²) >= 11 is 0. The SMILES string of the molecule is CCC/C=C\C/C=C\CCCCCCCC(=O)OCC(COP(=O)(O)OCC(CO)OC(=O)CCCCCCCCCCC)OC(=O)CCCCCCCCCCCCCCC. The number of rotatable bonds is 47. The van der Waals surface area contributed by atoms with E-state index in [4.69, 9.17) is 23.3 Å². The Labute approximate surface area is 378 Å². The van der Waals surface area contributed by atoms with Gasteiger partial charge in [-0.2, -0.15) is 0 Å². The normalized spacial score (nSPS) is 13.7. The number of esters is 3. The van der Waals surface area contributed by atoms with Crippen molar-refractivity contribution in [1.82, 2.24) is 0 Å². The van der Waals surface area contributed by atoms with Crippen molar-refractivity contribution in [3.63, 3.8) is 0 Å². The second kappa shape index (κ2) is 45.5. The fraction of sp³-hybridized carbons (Fsp3) is 0.860. The highest BCUT2D eigenvalue weighted by Gasteiger charge is 2.28. The van der Waals surface area contributed by atoms with Gasteiger partial charge in [0.25, 0.3) is 0 Å². The number of hydrogen-bond acceptors (Lipinski definition) is 10. The zero-order valence-electron chi connectivity index (χ0n) is 39.9. The maximum atomic E-state index is 12.8. The van der Waals surface area contributed by atoms with Crippen LogP contribution in [-0.2, 0) is 42.2 Å². The lowest BCUT2D eigenvalue weighted by Crippen LogP contribution is -2.30. The fourth-order valence-corrected chi connectivity index (χ4v) is 7.77. The first-order valence-corrected chi connectivity index (χ1v) is 26.7. The molecule has 12 heteroatoms. The summed E-state index contributed by atoms with van der Waals surface area (Å²) in [5.74, 6) is -1.47. The number of phosphoric ester groups is 1. The van der Waals surface area contributed by atoms with E-state index >= 15 is 0 Å². The number of allylic oxidation sites excluding steroid dienone is 4. The number of carbonyl (C=O) groups is 3. The molecule has 0 aliphatic heterocycles. The predicted octanol–water partition coefficient (Wildman–Crippen LogP) is 13.9. The van der Waals surface area contributed by atoms with Gasteiger partial charge in [-0.15, -0.1) is 0 Å². The van der Waals surface area contributed by atoms with E-state index in [9.17, 15) is 28.9 Å². The summed E-state index contributed by atoms with van der Waals surface area (Å²) in [4.78, 5) is 48.1. The van der Waals surface area contributed by atoms with Crippen molar-refractivity contribution in [2.75, 3.05) is 26.4 Å². The summed E-state index contributed by atoms with van der Waals surface area (Å²) in [5, 5.41) is 9.73. The monoisotopic (exact) mass is 901 g/mol. The van der Waals surface area contributed by atoms with Crippen LogP contribution >= 0.6 is 7.82 Å². The summed E-state index contributed by atoms with van der Waals surface area (Å²) in [6.45, 7) is 4.54. The van der Waals surface area contributed by atoms with Gasteiger partial charge in [0.15, 0.2) is 6.10 Å². The molecular weight excluding hydrogens is 808 g/mol. The van der Waals surface area contributed by atoms with Crippen LogP contribution in [-0.4, -0.2) is 66.5 Å². The molecule has 0 aromatic carbocycles. The van der Waals surface area contributed by atoms with Gasteiger partial charge in [-0.25, -0.2) is 4.57 Å². The number of hydrogen-bond donors (Lipinski definition) is 2. The third-order valence-electron chi connectivity index (χ3n) is 10.9. The average Bonchev–Trinajstić information content (AvgIpc) is 3.25. The molecule has 0 heterocycles. The van der Waals surface area contributed by atoms with E-state index in [2.05, 4.69) is 45.1 Å². The molecule has 0 aromatic heterocycles. The van der Waals surface area contributed by atoms with Gasteiger partial charge >= 0.3 is 25.7 Å². The Balaban J connectivity index is 4.75. The molecule has 0 spiro atoms. The van der Waals surface area contributed by atoms with E-state index in [1.54, 1.807) is 0 Å². The van der Waals surface area contributed by atoms with Gasteiger partial charge in [0.05, 0.1) is 19.8 Å². The highest BCUT2D eigenvalue weighted by atomic mass is 31.2. The number of carbonyl (C=O) groups excluding carboxylic acids is 3. The molecule has 0 fully saturated rings. The number of ether oxygens (including phenoxy) is 3. The zero-order valence-corrected chi connectivity index (χ0v) is 40.7. The average molecular weight is 901 g/mol. The molecule has 0 rings (SSSR count). The quantitative estimate of drug-likeness (QED) is 0.0197. The van der Waals surface area contributed by atoms with Gasteiger partial charge in [-0.3, -0.25) is 23.4 Å². The molecule has 364 valence electrons. The molecule has 11 nitrogen and oxygen atoms in total. The molecule has 3 atom stereocenters. The molecule has 0 saturated heterocycles. The topological polar surface area (TPSA) is 155 Å². The van der Waals surface area contributed by atoms with Crippen LogP contribution in [0.3, 0.4) is 0 Å². The number of aliphatic hydroxyl groups is 1. The van der Waals surface area contributed by atoms with Crippen molar-refractivity contribution >= 4 is 25.7 Å². The molecular formula is C50H93O11P. The van der Waals surface area contributed by atoms with Crippen molar-refractivity contribution in [2.45, 2.75) is 251 Å². The first-order chi connectivity index (χ1) is 30.2. The van der Waals surface area contributed by atoms with Crippen LogP contribution in [0.15, 0.2) is 24.3 Å². The van der Waals surface area contributed by atoms with Gasteiger partial charge in [0, 0.05) is 19.3 Å². The lowest BCUT2D eigenvalue weighted by atomic mass is 10.0. The van der Waals surface area contributed by atoms with Crippen LogP contribution < -0.4 is 0 Å². The molecule has 0 bridgehead atoms. The van der Waals surface area contributed by atoms with Crippen LogP contribution in [0.1, 0.15) is 239 Å². The minimum atomic E-state index is -4.73.